The fourth-order valence-electron chi connectivity index (χ4n) is 1.78. The van der Waals surface area contributed by atoms with Gasteiger partial charge in [-0.25, -0.2) is 0 Å². The molecule has 0 spiro atoms. The highest BCUT2D eigenvalue weighted by molar-refractivity contribution is 5.23. The lowest BCUT2D eigenvalue weighted by atomic mass is 10.2. The van der Waals surface area contributed by atoms with Crippen LogP contribution >= 0.6 is 0 Å². The van der Waals surface area contributed by atoms with E-state index in [1.807, 2.05) is 109 Å². The van der Waals surface area contributed by atoms with Crippen LogP contribution in [0.1, 0.15) is 26.2 Å². The SMILES string of the molecule is [CH]=C/C=C/C=C/C=C/C=C/C=C/C=C/C=C/C=C/C=C/C=C/C=C/CCCC. The fraction of sp³-hybridized carbons (Fsp3) is 0.143. The average molecular weight is 370 g/mol. The number of hydrogen-bond acceptors (Lipinski definition) is 0. The van der Waals surface area contributed by atoms with E-state index in [1.54, 1.807) is 6.08 Å². The highest BCUT2D eigenvalue weighted by atomic mass is 13.8. The Morgan fingerprint density at radius 1 is 0.429 bits per heavy atom. The predicted octanol–water partition coefficient (Wildman–Crippen LogP) is 8.28. The second-order valence-corrected chi connectivity index (χ2v) is 5.61. The molecule has 0 N–H and O–H groups in total. The second kappa shape index (κ2) is 23.9. The van der Waals surface area contributed by atoms with E-state index < -0.39 is 0 Å². The van der Waals surface area contributed by atoms with Crippen LogP contribution < -0.4 is 0 Å². The highest BCUT2D eigenvalue weighted by Crippen LogP contribution is 1.95. The third-order valence-electron chi connectivity index (χ3n) is 3.19. The number of unbranched alkanes of at least 4 members (excludes halogenated alkanes) is 2. The maximum absolute atomic E-state index is 5.22. The lowest BCUT2D eigenvalue weighted by molar-refractivity contribution is 0.815. The van der Waals surface area contributed by atoms with Gasteiger partial charge in [-0.15, -0.1) is 0 Å². The molecule has 0 nitrogen and oxygen atoms in total. The smallest absolute Gasteiger partial charge is 0.0348 e. The normalized spacial score (nSPS) is 14.3. The van der Waals surface area contributed by atoms with E-state index in [0.717, 1.165) is 6.42 Å². The maximum atomic E-state index is 5.22. The first kappa shape index (κ1) is 24.9. The monoisotopic (exact) mass is 369 g/mol. The summed E-state index contributed by atoms with van der Waals surface area (Å²) in [5.41, 5.74) is 0. The van der Waals surface area contributed by atoms with E-state index in [-0.39, 0.29) is 0 Å². The van der Waals surface area contributed by atoms with E-state index in [4.69, 9.17) is 6.58 Å². The molecule has 0 rings (SSSR count). The van der Waals surface area contributed by atoms with Gasteiger partial charge in [-0.3, -0.25) is 0 Å². The van der Waals surface area contributed by atoms with Crippen LogP contribution in [0.2, 0.25) is 0 Å². The molecule has 0 unspecified atom stereocenters. The summed E-state index contributed by atoms with van der Waals surface area (Å²) in [5.74, 6) is 0. The molecule has 0 heteroatoms. The first-order valence-corrected chi connectivity index (χ1v) is 9.78. The van der Waals surface area contributed by atoms with Crippen molar-refractivity contribution in [3.8, 4) is 0 Å². The van der Waals surface area contributed by atoms with Crippen LogP contribution in [0, 0.1) is 6.58 Å². The first-order chi connectivity index (χ1) is 13.9. The van der Waals surface area contributed by atoms with Gasteiger partial charge in [-0.2, -0.15) is 0 Å². The Hall–Kier alpha value is -3.12. The lowest BCUT2D eigenvalue weighted by Crippen LogP contribution is -1.64. The van der Waals surface area contributed by atoms with Crippen molar-refractivity contribution in [2.24, 2.45) is 0 Å². The van der Waals surface area contributed by atoms with E-state index in [1.165, 1.54) is 18.9 Å². The molecule has 145 valence electrons. The quantitative estimate of drug-likeness (QED) is 0.213. The molecule has 0 saturated carbocycles. The van der Waals surface area contributed by atoms with Gasteiger partial charge in [0.1, 0.15) is 0 Å². The van der Waals surface area contributed by atoms with Crippen molar-refractivity contribution in [1.29, 1.82) is 0 Å². The van der Waals surface area contributed by atoms with Crippen molar-refractivity contribution in [3.63, 3.8) is 0 Å². The molecule has 0 aromatic rings. The minimum absolute atomic E-state index is 1.16. The molecule has 0 atom stereocenters. The highest BCUT2D eigenvalue weighted by Gasteiger charge is 1.74. The van der Waals surface area contributed by atoms with Gasteiger partial charge in [-0.1, -0.05) is 166 Å². The van der Waals surface area contributed by atoms with Gasteiger partial charge in [0, 0.05) is 0 Å². The Balaban J connectivity index is 3.89. The fourth-order valence-corrected chi connectivity index (χ4v) is 1.78. The van der Waals surface area contributed by atoms with Crippen molar-refractivity contribution >= 4 is 0 Å². The maximum Gasteiger partial charge on any atom is -0.0348 e. The van der Waals surface area contributed by atoms with Crippen LogP contribution in [0.15, 0.2) is 140 Å². The third kappa shape index (κ3) is 22.9. The van der Waals surface area contributed by atoms with Crippen molar-refractivity contribution < 1.29 is 0 Å². The summed E-state index contributed by atoms with van der Waals surface area (Å²) >= 11 is 0. The number of hydrogen-bond donors (Lipinski definition) is 0. The molecule has 0 saturated heterocycles. The molecule has 1 radical (unpaired) electrons. The van der Waals surface area contributed by atoms with E-state index in [9.17, 15) is 0 Å². The van der Waals surface area contributed by atoms with E-state index in [2.05, 4.69) is 25.2 Å². The Bertz CT molecular complexity index is 678. The van der Waals surface area contributed by atoms with Crippen LogP contribution in [0.5, 0.6) is 0 Å². The van der Waals surface area contributed by atoms with Gasteiger partial charge in [0.2, 0.25) is 0 Å². The van der Waals surface area contributed by atoms with Gasteiger partial charge in [0.25, 0.3) is 0 Å². The summed E-state index contributed by atoms with van der Waals surface area (Å²) in [6.07, 6.45) is 49.1. The standard InChI is InChI=1S/C28H33/c1-3-5-7-9-11-13-15-17-19-21-23-25-27-28-26-24-22-20-18-16-14-12-10-8-6-4-2/h1,3,5,7,9-28H,4,6,8H2,2H3/b3-1?,7-5+,11-9+,12-10+,15-13+,16-14+,19-17+,20-18+,23-21+,24-22+,27-25+,28-26+. The largest absolute Gasteiger partial charge is 0.0845 e. The number of allylic oxidation sites excluding steroid dienone is 23. The van der Waals surface area contributed by atoms with Gasteiger partial charge < -0.3 is 0 Å². The molecule has 0 aliphatic carbocycles. The molecule has 0 fully saturated rings. The summed E-state index contributed by atoms with van der Waals surface area (Å²) < 4.78 is 0. The molecule has 0 bridgehead atoms. The van der Waals surface area contributed by atoms with E-state index in [0.29, 0.717) is 0 Å². The zero-order chi connectivity index (χ0) is 20.4. The molecule has 0 amide bonds. The summed E-state index contributed by atoms with van der Waals surface area (Å²) in [4.78, 5) is 0. The Morgan fingerprint density at radius 2 is 0.714 bits per heavy atom. The molecule has 0 heterocycles. The van der Waals surface area contributed by atoms with Gasteiger partial charge in [-0.05, 0) is 6.42 Å². The molecule has 0 aromatic carbocycles. The summed E-state index contributed by atoms with van der Waals surface area (Å²) in [6, 6.07) is 0. The Kier molecular flexibility index (Phi) is 21.2. The minimum Gasteiger partial charge on any atom is -0.0845 e. The third-order valence-corrected chi connectivity index (χ3v) is 3.19. The molecular weight excluding hydrogens is 336 g/mol. The van der Waals surface area contributed by atoms with Gasteiger partial charge >= 0.3 is 0 Å². The van der Waals surface area contributed by atoms with Crippen molar-refractivity contribution in [2.75, 3.05) is 0 Å². The molecule has 0 aliphatic heterocycles. The summed E-state index contributed by atoms with van der Waals surface area (Å²) in [7, 11) is 0. The second-order valence-electron chi connectivity index (χ2n) is 5.61. The topological polar surface area (TPSA) is 0 Å². The lowest BCUT2D eigenvalue weighted by Gasteiger charge is -1.84. The summed E-state index contributed by atoms with van der Waals surface area (Å²) in [5, 5.41) is 0. The Morgan fingerprint density at radius 3 is 1.00 bits per heavy atom. The minimum atomic E-state index is 1.16. The molecular formula is C28H33. The number of rotatable bonds is 14. The van der Waals surface area contributed by atoms with Crippen molar-refractivity contribution in [1.82, 2.24) is 0 Å². The zero-order valence-corrected chi connectivity index (χ0v) is 17.0. The molecule has 0 aliphatic rings. The van der Waals surface area contributed by atoms with Crippen LogP contribution in [0.3, 0.4) is 0 Å². The average Bonchev–Trinajstić information content (AvgIpc) is 2.71. The van der Waals surface area contributed by atoms with Crippen LogP contribution in [0.4, 0.5) is 0 Å². The van der Waals surface area contributed by atoms with Crippen LogP contribution in [0.25, 0.3) is 0 Å². The van der Waals surface area contributed by atoms with Crippen LogP contribution in [-0.2, 0) is 0 Å². The Labute approximate surface area is 172 Å². The van der Waals surface area contributed by atoms with Gasteiger partial charge in [0.15, 0.2) is 0 Å². The molecule has 0 aromatic heterocycles. The summed E-state index contributed by atoms with van der Waals surface area (Å²) in [6.45, 7) is 7.43. The van der Waals surface area contributed by atoms with Gasteiger partial charge in [0.05, 0.1) is 0 Å². The van der Waals surface area contributed by atoms with Crippen molar-refractivity contribution in [2.45, 2.75) is 26.2 Å². The predicted molar refractivity (Wildman–Crippen MR) is 129 cm³/mol. The zero-order valence-electron chi connectivity index (χ0n) is 17.0. The van der Waals surface area contributed by atoms with E-state index >= 15 is 0 Å². The van der Waals surface area contributed by atoms with Crippen molar-refractivity contribution in [3.05, 3.63) is 146 Å². The molecule has 28 heavy (non-hydrogen) atoms. The van der Waals surface area contributed by atoms with Crippen LogP contribution in [-0.4, -0.2) is 0 Å². The first-order valence-electron chi connectivity index (χ1n) is 9.78.